The molecule has 1 aromatic rings. The van der Waals surface area contributed by atoms with Crippen molar-refractivity contribution in [1.82, 2.24) is 4.90 Å². The molecule has 0 amide bonds. The summed E-state index contributed by atoms with van der Waals surface area (Å²) in [5.74, 6) is 1.23. The molecule has 1 N–H and O–H groups in total. The fourth-order valence-electron chi connectivity index (χ4n) is 5.47. The maximum Gasteiger partial charge on any atom is 0.115 e. The van der Waals surface area contributed by atoms with Crippen LogP contribution in [0.3, 0.4) is 0 Å². The number of rotatable bonds is 2. The lowest BCUT2D eigenvalue weighted by Gasteiger charge is -2.59. The van der Waals surface area contributed by atoms with Crippen molar-refractivity contribution >= 4 is 22.6 Å². The number of aromatic hydroxyl groups is 1. The van der Waals surface area contributed by atoms with E-state index < -0.39 is 0 Å². The van der Waals surface area contributed by atoms with Crippen LogP contribution in [-0.4, -0.2) is 29.1 Å². The smallest absolute Gasteiger partial charge is 0.115 e. The molecular formula is C19H24INO. The van der Waals surface area contributed by atoms with Crippen LogP contribution in [0.5, 0.6) is 5.75 Å². The monoisotopic (exact) mass is 409 g/mol. The average molecular weight is 409 g/mol. The number of hydrogen-bond donors (Lipinski definition) is 1. The molecule has 3 atom stereocenters. The van der Waals surface area contributed by atoms with Crippen LogP contribution in [0.25, 0.3) is 0 Å². The molecule has 4 rings (SSSR count). The van der Waals surface area contributed by atoms with Gasteiger partial charge in [0.1, 0.15) is 5.75 Å². The number of hydrogen-bond acceptors (Lipinski definition) is 2. The summed E-state index contributed by atoms with van der Waals surface area (Å²) >= 11 is 2.33. The van der Waals surface area contributed by atoms with Crippen molar-refractivity contribution in [3.05, 3.63) is 39.5 Å². The van der Waals surface area contributed by atoms with E-state index in [2.05, 4.69) is 49.8 Å². The van der Waals surface area contributed by atoms with Gasteiger partial charge in [0, 0.05) is 18.0 Å². The lowest BCUT2D eigenvalue weighted by molar-refractivity contribution is -0.00518. The Labute approximate surface area is 146 Å². The van der Waals surface area contributed by atoms with Crippen LogP contribution in [0.1, 0.15) is 43.2 Å². The first-order valence-corrected chi connectivity index (χ1v) is 9.81. The van der Waals surface area contributed by atoms with E-state index in [0.717, 1.165) is 18.9 Å². The average Bonchev–Trinajstić information content (AvgIpc) is 2.55. The fourth-order valence-corrected chi connectivity index (χ4v) is 5.70. The zero-order valence-electron chi connectivity index (χ0n) is 13.0. The predicted octanol–water partition coefficient (Wildman–Crippen LogP) is 4.40. The molecule has 0 aromatic heterocycles. The minimum Gasteiger partial charge on any atom is -0.508 e. The largest absolute Gasteiger partial charge is 0.508 e. The maximum absolute atomic E-state index is 10.0. The number of phenolic OH excluding ortho intramolecular Hbond substituents is 1. The summed E-state index contributed by atoms with van der Waals surface area (Å²) in [6.07, 6.45) is 10.1. The Kier molecular flexibility index (Phi) is 3.97. The third-order valence-corrected chi connectivity index (χ3v) is 6.87. The number of nitrogens with zero attached hydrogens (tertiary/aromatic N) is 1. The molecule has 2 bridgehead atoms. The molecule has 1 saturated heterocycles. The summed E-state index contributed by atoms with van der Waals surface area (Å²) in [6.45, 7) is 2.30. The Morgan fingerprint density at radius 1 is 1.32 bits per heavy atom. The normalized spacial score (nSPS) is 34.4. The van der Waals surface area contributed by atoms with Crippen molar-refractivity contribution in [3.8, 4) is 5.75 Å². The van der Waals surface area contributed by atoms with E-state index >= 15 is 0 Å². The van der Waals surface area contributed by atoms with Crippen LogP contribution in [0.4, 0.5) is 0 Å². The highest BCUT2D eigenvalue weighted by molar-refractivity contribution is 14.1. The molecule has 22 heavy (non-hydrogen) atoms. The van der Waals surface area contributed by atoms with Gasteiger partial charge in [-0.3, -0.25) is 4.90 Å². The Bertz CT molecular complexity index is 599. The molecule has 118 valence electrons. The molecular weight excluding hydrogens is 385 g/mol. The predicted molar refractivity (Wildman–Crippen MR) is 98.6 cm³/mol. The van der Waals surface area contributed by atoms with Gasteiger partial charge in [-0.05, 0) is 65.5 Å². The first-order chi connectivity index (χ1) is 10.7. The Morgan fingerprint density at radius 2 is 2.23 bits per heavy atom. The second-order valence-electron chi connectivity index (χ2n) is 7.23. The van der Waals surface area contributed by atoms with Crippen molar-refractivity contribution in [2.24, 2.45) is 5.92 Å². The molecule has 3 heteroatoms. The molecule has 0 radical (unpaired) electrons. The van der Waals surface area contributed by atoms with E-state index in [1.165, 1.54) is 49.8 Å². The van der Waals surface area contributed by atoms with E-state index in [-0.39, 0.29) is 0 Å². The Balaban J connectivity index is 1.78. The molecule has 1 saturated carbocycles. The van der Waals surface area contributed by atoms with Gasteiger partial charge in [-0.2, -0.15) is 0 Å². The van der Waals surface area contributed by atoms with Gasteiger partial charge in [-0.15, -0.1) is 0 Å². The Morgan fingerprint density at radius 3 is 3.09 bits per heavy atom. The van der Waals surface area contributed by atoms with E-state index in [1.807, 2.05) is 6.07 Å². The molecule has 1 aliphatic heterocycles. The number of halogens is 1. The highest BCUT2D eigenvalue weighted by atomic mass is 127. The van der Waals surface area contributed by atoms with E-state index in [9.17, 15) is 5.11 Å². The fraction of sp³-hybridized carbons (Fsp3) is 0.579. The van der Waals surface area contributed by atoms with Crippen molar-refractivity contribution in [2.45, 2.75) is 50.0 Å². The molecule has 1 heterocycles. The van der Waals surface area contributed by atoms with Gasteiger partial charge in [0.05, 0.1) is 0 Å². The van der Waals surface area contributed by atoms with Crippen LogP contribution in [0.15, 0.2) is 28.4 Å². The number of fused-ring (bicyclic) bond motifs is 1. The standard InChI is InChI=1S/C19H24INO/c20-9-3-10-21-11-8-19-7-2-1-4-16(19)18(21)12-14-5-6-15(22)13-17(14)19/h3,5-6,9,13,16,18,22H,1-2,4,7-8,10-12H2/b9-3+/t16-,18+,19+/m0/s1. The number of benzene rings is 1. The molecule has 0 unspecified atom stereocenters. The van der Waals surface area contributed by atoms with Crippen molar-refractivity contribution in [2.75, 3.05) is 13.1 Å². The van der Waals surface area contributed by atoms with Crippen LogP contribution in [-0.2, 0) is 11.8 Å². The highest BCUT2D eigenvalue weighted by Crippen LogP contribution is 2.56. The van der Waals surface area contributed by atoms with Gasteiger partial charge in [-0.25, -0.2) is 0 Å². The van der Waals surface area contributed by atoms with E-state index in [4.69, 9.17) is 0 Å². The van der Waals surface area contributed by atoms with E-state index in [0.29, 0.717) is 17.2 Å². The molecule has 2 nitrogen and oxygen atoms in total. The van der Waals surface area contributed by atoms with Crippen LogP contribution in [0, 0.1) is 5.92 Å². The summed E-state index contributed by atoms with van der Waals surface area (Å²) in [6, 6.07) is 6.84. The molecule has 2 fully saturated rings. The van der Waals surface area contributed by atoms with Crippen LogP contribution >= 0.6 is 22.6 Å². The topological polar surface area (TPSA) is 23.5 Å². The Hall–Kier alpha value is -0.550. The summed E-state index contributed by atoms with van der Waals surface area (Å²) in [5, 5.41) is 10.0. The maximum atomic E-state index is 10.0. The summed E-state index contributed by atoms with van der Waals surface area (Å²) in [5.41, 5.74) is 3.32. The second kappa shape index (κ2) is 5.82. The molecule has 1 aromatic carbocycles. The minimum atomic E-state index is 0.347. The van der Waals surface area contributed by atoms with Gasteiger partial charge < -0.3 is 5.11 Å². The SMILES string of the molecule is Oc1ccc2c(c1)[C@@]13CCCC[C@H]1[C@@H](C2)N(C/C=C/I)CC3. The lowest BCUT2D eigenvalue weighted by Crippen LogP contribution is -2.60. The summed E-state index contributed by atoms with van der Waals surface area (Å²) in [4.78, 5) is 2.71. The third kappa shape index (κ3) is 2.23. The summed E-state index contributed by atoms with van der Waals surface area (Å²) in [7, 11) is 0. The van der Waals surface area contributed by atoms with Gasteiger partial charge in [-0.1, -0.05) is 47.6 Å². The lowest BCUT2D eigenvalue weighted by atomic mass is 9.52. The second-order valence-corrected chi connectivity index (χ2v) is 7.95. The quantitative estimate of drug-likeness (QED) is 0.733. The third-order valence-electron chi connectivity index (χ3n) is 6.36. The number of piperidine rings is 1. The first kappa shape index (κ1) is 15.0. The van der Waals surface area contributed by atoms with Crippen molar-refractivity contribution < 1.29 is 5.11 Å². The van der Waals surface area contributed by atoms with Gasteiger partial charge >= 0.3 is 0 Å². The number of likely N-dealkylation sites (tertiary alicyclic amines) is 1. The molecule has 0 spiro atoms. The van der Waals surface area contributed by atoms with Crippen LogP contribution < -0.4 is 0 Å². The zero-order chi connectivity index (χ0) is 15.2. The van der Waals surface area contributed by atoms with Gasteiger partial charge in [0.15, 0.2) is 0 Å². The van der Waals surface area contributed by atoms with Crippen molar-refractivity contribution in [1.29, 1.82) is 0 Å². The zero-order valence-corrected chi connectivity index (χ0v) is 15.1. The van der Waals surface area contributed by atoms with Gasteiger partial charge in [0.25, 0.3) is 0 Å². The first-order valence-electron chi connectivity index (χ1n) is 8.56. The van der Waals surface area contributed by atoms with E-state index in [1.54, 1.807) is 0 Å². The van der Waals surface area contributed by atoms with Crippen LogP contribution in [0.2, 0.25) is 0 Å². The summed E-state index contributed by atoms with van der Waals surface area (Å²) < 4.78 is 2.15. The number of phenols is 1. The molecule has 3 aliphatic rings. The van der Waals surface area contributed by atoms with Crippen molar-refractivity contribution in [3.63, 3.8) is 0 Å². The highest BCUT2D eigenvalue weighted by Gasteiger charge is 2.53. The minimum absolute atomic E-state index is 0.347. The van der Waals surface area contributed by atoms with Gasteiger partial charge in [0.2, 0.25) is 0 Å². The molecule has 2 aliphatic carbocycles.